The molecule has 0 bridgehead atoms. The topological polar surface area (TPSA) is 130 Å². The number of hydrogen-bond donors (Lipinski definition) is 6. The first kappa shape index (κ1) is 14.7. The Balaban J connectivity index is 2.37. The predicted octanol–water partition coefficient (Wildman–Crippen LogP) is -2.43. The van der Waals surface area contributed by atoms with Crippen LogP contribution >= 0.6 is 11.8 Å². The van der Waals surface area contributed by atoms with Crippen molar-refractivity contribution in [2.45, 2.75) is 36.1 Å². The molecule has 1 fully saturated rings. The van der Waals surface area contributed by atoms with Gasteiger partial charge in [0.05, 0.1) is 18.1 Å². The highest BCUT2D eigenvalue weighted by molar-refractivity contribution is 8.00. The van der Waals surface area contributed by atoms with Gasteiger partial charge in [-0.1, -0.05) is 0 Å². The highest BCUT2D eigenvalue weighted by Gasteiger charge is 2.33. The summed E-state index contributed by atoms with van der Waals surface area (Å²) in [4.78, 5) is 10.7. The molecule has 0 aromatic carbocycles. The van der Waals surface area contributed by atoms with Crippen LogP contribution in [-0.2, 0) is 4.79 Å². The number of aliphatic carboxylic acids is 1. The molecule has 0 unspecified atom stereocenters. The van der Waals surface area contributed by atoms with Crippen molar-refractivity contribution in [1.29, 1.82) is 0 Å². The SMILES string of the molecule is O=C(O)[C@@H]1CS[C@H](C[C@H](O)[C@H](O)[C@H](O)CO)N1. The molecule has 0 spiro atoms. The van der Waals surface area contributed by atoms with Gasteiger partial charge >= 0.3 is 5.97 Å². The number of aliphatic hydroxyl groups excluding tert-OH is 4. The molecule has 0 saturated carbocycles. The van der Waals surface area contributed by atoms with E-state index in [2.05, 4.69) is 5.32 Å². The smallest absolute Gasteiger partial charge is 0.321 e. The van der Waals surface area contributed by atoms with Gasteiger partial charge in [0.2, 0.25) is 0 Å². The molecule has 5 atom stereocenters. The number of nitrogens with one attached hydrogen (secondary N) is 1. The van der Waals surface area contributed by atoms with Crippen molar-refractivity contribution >= 4 is 17.7 Å². The fourth-order valence-corrected chi connectivity index (χ4v) is 2.79. The third-order valence-corrected chi connectivity index (χ3v) is 3.84. The quantitative estimate of drug-likeness (QED) is 0.313. The summed E-state index contributed by atoms with van der Waals surface area (Å²) in [6.07, 6.45) is -3.94. The average Bonchev–Trinajstić information content (AvgIpc) is 2.75. The third kappa shape index (κ3) is 4.09. The molecule has 0 radical (unpaired) electrons. The van der Waals surface area contributed by atoms with Crippen molar-refractivity contribution in [2.24, 2.45) is 0 Å². The van der Waals surface area contributed by atoms with E-state index in [1.165, 1.54) is 11.8 Å². The number of carboxylic acid groups (broad SMARTS) is 1. The number of thioether (sulfide) groups is 1. The van der Waals surface area contributed by atoms with E-state index in [-0.39, 0.29) is 11.8 Å². The Bertz CT molecular complexity index is 266. The van der Waals surface area contributed by atoms with Crippen LogP contribution in [0.1, 0.15) is 6.42 Å². The van der Waals surface area contributed by atoms with E-state index >= 15 is 0 Å². The largest absolute Gasteiger partial charge is 0.480 e. The van der Waals surface area contributed by atoms with Gasteiger partial charge in [-0.05, 0) is 0 Å². The van der Waals surface area contributed by atoms with Crippen molar-refractivity contribution in [3.05, 3.63) is 0 Å². The zero-order valence-corrected chi connectivity index (χ0v) is 9.88. The molecule has 7 nitrogen and oxygen atoms in total. The summed E-state index contributed by atoms with van der Waals surface area (Å²) in [6.45, 7) is -0.638. The molecule has 0 aromatic rings. The summed E-state index contributed by atoms with van der Waals surface area (Å²) >= 11 is 1.34. The molecule has 1 heterocycles. The van der Waals surface area contributed by atoms with Crippen molar-refractivity contribution in [2.75, 3.05) is 12.4 Å². The van der Waals surface area contributed by atoms with Gasteiger partial charge in [0.1, 0.15) is 18.2 Å². The first-order valence-corrected chi connectivity index (χ1v) is 6.26. The van der Waals surface area contributed by atoms with Crippen LogP contribution in [0.25, 0.3) is 0 Å². The van der Waals surface area contributed by atoms with E-state index in [4.69, 9.17) is 15.3 Å². The fourth-order valence-electron chi connectivity index (χ4n) is 1.53. The molecular weight excluding hydrogens is 250 g/mol. The second-order valence-corrected chi connectivity index (χ2v) is 5.16. The minimum absolute atomic E-state index is 0.104. The average molecular weight is 267 g/mol. The molecular formula is C9H17NO6S. The van der Waals surface area contributed by atoms with Gasteiger partial charge in [0.25, 0.3) is 0 Å². The minimum atomic E-state index is -1.44. The van der Waals surface area contributed by atoms with E-state index in [1.807, 2.05) is 0 Å². The monoisotopic (exact) mass is 267 g/mol. The first-order chi connectivity index (χ1) is 7.95. The number of carboxylic acids is 1. The third-order valence-electron chi connectivity index (χ3n) is 2.58. The number of rotatable bonds is 6. The molecule has 8 heteroatoms. The normalized spacial score (nSPS) is 29.9. The van der Waals surface area contributed by atoms with Gasteiger partial charge in [0, 0.05) is 12.2 Å². The lowest BCUT2D eigenvalue weighted by atomic mass is 10.1. The Morgan fingerprint density at radius 3 is 2.47 bits per heavy atom. The van der Waals surface area contributed by atoms with Crippen LogP contribution < -0.4 is 5.32 Å². The van der Waals surface area contributed by atoms with E-state index in [1.54, 1.807) is 0 Å². The Kier molecular flexibility index (Phi) is 5.63. The molecule has 6 N–H and O–H groups in total. The lowest BCUT2D eigenvalue weighted by molar-refractivity contribution is -0.138. The van der Waals surface area contributed by atoms with Crippen LogP contribution in [0.2, 0.25) is 0 Å². The summed E-state index contributed by atoms with van der Waals surface area (Å²) in [5.41, 5.74) is 0. The molecule has 0 aromatic heterocycles. The summed E-state index contributed by atoms with van der Waals surface area (Å²) in [5.74, 6) is -0.559. The predicted molar refractivity (Wildman–Crippen MR) is 60.5 cm³/mol. The van der Waals surface area contributed by atoms with Crippen molar-refractivity contribution in [3.8, 4) is 0 Å². The molecule has 17 heavy (non-hydrogen) atoms. The van der Waals surface area contributed by atoms with Gasteiger partial charge in [-0.2, -0.15) is 0 Å². The molecule has 100 valence electrons. The second-order valence-electron chi connectivity index (χ2n) is 3.92. The van der Waals surface area contributed by atoms with Crippen molar-refractivity contribution in [1.82, 2.24) is 5.32 Å². The lowest BCUT2D eigenvalue weighted by Crippen LogP contribution is -2.43. The number of hydrogen-bond acceptors (Lipinski definition) is 7. The molecule has 0 amide bonds. The van der Waals surface area contributed by atoms with Gasteiger partial charge in [0.15, 0.2) is 0 Å². The van der Waals surface area contributed by atoms with Gasteiger partial charge in [-0.25, -0.2) is 0 Å². The second kappa shape index (κ2) is 6.53. The number of aliphatic hydroxyl groups is 4. The Morgan fingerprint density at radius 2 is 2.00 bits per heavy atom. The Labute approximate surface area is 102 Å². The Hall–Kier alpha value is -0.380. The summed E-state index contributed by atoms with van der Waals surface area (Å²) in [7, 11) is 0. The van der Waals surface area contributed by atoms with E-state index in [0.29, 0.717) is 5.75 Å². The first-order valence-electron chi connectivity index (χ1n) is 5.21. The van der Waals surface area contributed by atoms with Gasteiger partial charge < -0.3 is 25.5 Å². The maximum Gasteiger partial charge on any atom is 0.321 e. The molecule has 1 rings (SSSR count). The molecule has 1 aliphatic heterocycles. The van der Waals surface area contributed by atoms with Crippen LogP contribution in [0.4, 0.5) is 0 Å². The molecule has 1 saturated heterocycles. The highest BCUT2D eigenvalue weighted by Crippen LogP contribution is 2.23. The van der Waals surface area contributed by atoms with Crippen LogP contribution in [0.15, 0.2) is 0 Å². The van der Waals surface area contributed by atoms with Crippen LogP contribution in [0.5, 0.6) is 0 Å². The fraction of sp³-hybridized carbons (Fsp3) is 0.889. The van der Waals surface area contributed by atoms with Crippen LogP contribution in [0, 0.1) is 0 Å². The zero-order chi connectivity index (χ0) is 13.0. The molecule has 1 aliphatic rings. The maximum absolute atomic E-state index is 10.7. The van der Waals surface area contributed by atoms with E-state index < -0.39 is 36.9 Å². The van der Waals surface area contributed by atoms with Crippen LogP contribution in [0.3, 0.4) is 0 Å². The van der Waals surface area contributed by atoms with Gasteiger partial charge in [-0.15, -0.1) is 11.8 Å². The zero-order valence-electron chi connectivity index (χ0n) is 9.06. The van der Waals surface area contributed by atoms with E-state index in [0.717, 1.165) is 0 Å². The Morgan fingerprint density at radius 1 is 1.35 bits per heavy atom. The minimum Gasteiger partial charge on any atom is -0.480 e. The maximum atomic E-state index is 10.7. The van der Waals surface area contributed by atoms with E-state index in [9.17, 15) is 15.0 Å². The standard InChI is InChI=1S/C9H17NO6S/c11-2-6(13)8(14)5(12)1-7-10-4(3-17-7)9(15)16/h4-8,10-14H,1-3H2,(H,15,16)/t4-,5-,6+,7+,8-/m0/s1. The lowest BCUT2D eigenvalue weighted by Gasteiger charge is -2.23. The van der Waals surface area contributed by atoms with Crippen molar-refractivity contribution < 1.29 is 30.3 Å². The summed E-state index contributed by atoms with van der Waals surface area (Å²) < 4.78 is 0. The summed E-state index contributed by atoms with van der Waals surface area (Å²) in [5, 5.41) is 48.0. The molecule has 0 aliphatic carbocycles. The summed E-state index contributed by atoms with van der Waals surface area (Å²) in [6, 6.07) is -0.655. The highest BCUT2D eigenvalue weighted by atomic mass is 32.2. The van der Waals surface area contributed by atoms with Gasteiger partial charge in [-0.3, -0.25) is 10.1 Å². The number of carbonyl (C=O) groups is 1. The van der Waals surface area contributed by atoms with Crippen molar-refractivity contribution in [3.63, 3.8) is 0 Å². The van der Waals surface area contributed by atoms with Crippen LogP contribution in [-0.4, -0.2) is 73.6 Å².